The second-order valence-electron chi connectivity index (χ2n) is 12.9. The Hall–Kier alpha value is -4.50. The van der Waals surface area contributed by atoms with Crippen LogP contribution in [0.15, 0.2) is 103 Å². The van der Waals surface area contributed by atoms with E-state index in [0.29, 0.717) is 0 Å². The molecule has 204 valence electrons. The Morgan fingerprint density at radius 2 is 1.10 bits per heavy atom. The van der Waals surface area contributed by atoms with Crippen molar-refractivity contribution in [2.75, 3.05) is 4.90 Å². The summed E-state index contributed by atoms with van der Waals surface area (Å²) in [5.41, 5.74) is 12.5. The van der Waals surface area contributed by atoms with E-state index in [1.54, 1.807) is 0 Å². The van der Waals surface area contributed by atoms with Gasteiger partial charge in [0.2, 0.25) is 0 Å². The van der Waals surface area contributed by atoms with Crippen LogP contribution >= 0.6 is 0 Å². The number of nitrogens with zero attached hydrogens (tertiary/aromatic N) is 3. The molecular weight excluding hydrogens is 498 g/mol. The predicted octanol–water partition coefficient (Wildman–Crippen LogP) is 10.4. The minimum Gasteiger partial charge on any atom is -0.309 e. The van der Waals surface area contributed by atoms with E-state index in [1.165, 1.54) is 16.7 Å². The fourth-order valence-electron chi connectivity index (χ4n) is 5.37. The maximum absolute atomic E-state index is 4.77. The smallest absolute Gasteiger partial charge is 0.0705 e. The lowest BCUT2D eigenvalue weighted by Crippen LogP contribution is -2.13. The molecule has 0 saturated heterocycles. The van der Waals surface area contributed by atoms with Crippen molar-refractivity contribution in [1.82, 2.24) is 9.97 Å². The first-order chi connectivity index (χ1) is 19.6. The highest BCUT2D eigenvalue weighted by molar-refractivity contribution is 5.95. The number of fused-ring (bicyclic) bond motifs is 2. The van der Waals surface area contributed by atoms with E-state index < -0.39 is 0 Å². The number of hydrogen-bond acceptors (Lipinski definition) is 3. The van der Waals surface area contributed by atoms with Gasteiger partial charge in [-0.1, -0.05) is 96.2 Å². The van der Waals surface area contributed by atoms with Crippen LogP contribution in [-0.2, 0) is 10.8 Å². The Morgan fingerprint density at radius 3 is 1.73 bits per heavy atom. The first-order valence-corrected chi connectivity index (χ1v) is 14.3. The van der Waals surface area contributed by atoms with E-state index in [4.69, 9.17) is 9.97 Å². The average Bonchev–Trinajstić information content (AvgIpc) is 3.13. The highest BCUT2D eigenvalue weighted by Gasteiger charge is 2.22. The summed E-state index contributed by atoms with van der Waals surface area (Å²) in [6, 6.07) is 32.7. The van der Waals surface area contributed by atoms with Gasteiger partial charge in [0, 0.05) is 29.2 Å². The fourth-order valence-corrected chi connectivity index (χ4v) is 5.37. The molecule has 1 aliphatic heterocycles. The van der Waals surface area contributed by atoms with Crippen LogP contribution in [0.2, 0.25) is 0 Å². The number of hydrogen-bond donors (Lipinski definition) is 0. The van der Waals surface area contributed by atoms with Crippen molar-refractivity contribution in [3.05, 3.63) is 126 Å². The summed E-state index contributed by atoms with van der Waals surface area (Å²) >= 11 is 0. The SMILES string of the molecule is CC(C)(C)c1ccnc(-c2cccc(N3c4ccccc4C=Cc4ccc(-c5cc(C(C)(C)C)ccn5)cc43)c2)c1. The van der Waals surface area contributed by atoms with Gasteiger partial charge in [0.05, 0.1) is 22.8 Å². The number of aromatic nitrogens is 2. The molecule has 0 spiro atoms. The molecule has 0 radical (unpaired) electrons. The summed E-state index contributed by atoms with van der Waals surface area (Å²) in [6.07, 6.45) is 8.28. The molecule has 3 heteroatoms. The number of pyridine rings is 2. The largest absolute Gasteiger partial charge is 0.309 e. The van der Waals surface area contributed by atoms with Gasteiger partial charge in [-0.15, -0.1) is 0 Å². The van der Waals surface area contributed by atoms with E-state index in [9.17, 15) is 0 Å². The molecule has 0 aliphatic carbocycles. The Labute approximate surface area is 244 Å². The zero-order valence-electron chi connectivity index (χ0n) is 24.8. The van der Waals surface area contributed by atoms with Crippen LogP contribution in [0.5, 0.6) is 0 Å². The number of para-hydroxylation sites is 1. The van der Waals surface area contributed by atoms with Crippen LogP contribution in [0.25, 0.3) is 34.7 Å². The molecular formula is C38H37N3. The van der Waals surface area contributed by atoms with Crippen LogP contribution in [0.1, 0.15) is 63.8 Å². The summed E-state index contributed by atoms with van der Waals surface area (Å²) < 4.78 is 0. The monoisotopic (exact) mass is 535 g/mol. The van der Waals surface area contributed by atoms with Gasteiger partial charge in [-0.2, -0.15) is 0 Å². The van der Waals surface area contributed by atoms with Gasteiger partial charge in [0.1, 0.15) is 0 Å². The van der Waals surface area contributed by atoms with Crippen molar-refractivity contribution in [2.45, 2.75) is 52.4 Å². The Bertz CT molecular complexity index is 1770. The van der Waals surface area contributed by atoms with Gasteiger partial charge in [-0.3, -0.25) is 9.97 Å². The van der Waals surface area contributed by atoms with Crippen LogP contribution < -0.4 is 4.90 Å². The summed E-state index contributed by atoms with van der Waals surface area (Å²) in [5.74, 6) is 0. The van der Waals surface area contributed by atoms with Crippen molar-refractivity contribution in [3.63, 3.8) is 0 Å². The van der Waals surface area contributed by atoms with Crippen LogP contribution in [0.3, 0.4) is 0 Å². The van der Waals surface area contributed by atoms with Gasteiger partial charge in [0.25, 0.3) is 0 Å². The Morgan fingerprint density at radius 1 is 0.512 bits per heavy atom. The summed E-state index contributed by atoms with van der Waals surface area (Å²) in [4.78, 5) is 11.9. The van der Waals surface area contributed by atoms with Crippen LogP contribution in [0.4, 0.5) is 17.1 Å². The molecule has 0 unspecified atom stereocenters. The van der Waals surface area contributed by atoms with Crippen LogP contribution in [0, 0.1) is 0 Å². The first kappa shape index (κ1) is 26.7. The molecule has 41 heavy (non-hydrogen) atoms. The minimum absolute atomic E-state index is 0.0514. The minimum atomic E-state index is 0.0514. The lowest BCUT2D eigenvalue weighted by Gasteiger charge is -2.28. The lowest BCUT2D eigenvalue weighted by molar-refractivity contribution is 0.589. The zero-order valence-corrected chi connectivity index (χ0v) is 24.8. The lowest BCUT2D eigenvalue weighted by atomic mass is 9.87. The number of benzene rings is 3. The third kappa shape index (κ3) is 5.32. The highest BCUT2D eigenvalue weighted by Crippen LogP contribution is 2.44. The molecule has 0 bridgehead atoms. The summed E-state index contributed by atoms with van der Waals surface area (Å²) in [7, 11) is 0. The van der Waals surface area contributed by atoms with Crippen molar-refractivity contribution in [3.8, 4) is 22.5 Å². The van der Waals surface area contributed by atoms with Gasteiger partial charge >= 0.3 is 0 Å². The molecule has 2 aromatic heterocycles. The second-order valence-corrected chi connectivity index (χ2v) is 12.9. The second kappa shape index (κ2) is 10.2. The van der Waals surface area contributed by atoms with E-state index in [1.807, 2.05) is 12.4 Å². The maximum atomic E-state index is 4.77. The molecule has 0 saturated carbocycles. The summed E-state index contributed by atoms with van der Waals surface area (Å²) in [5, 5.41) is 0. The number of anilines is 3. The highest BCUT2D eigenvalue weighted by atomic mass is 15.1. The van der Waals surface area contributed by atoms with Crippen molar-refractivity contribution < 1.29 is 0 Å². The quantitative estimate of drug-likeness (QED) is 0.226. The van der Waals surface area contributed by atoms with Crippen molar-refractivity contribution >= 4 is 29.2 Å². The standard InChI is InChI=1S/C38H37N3/c1-37(2,3)30-18-20-39-33(24-30)28-11-9-12-32(22-28)41-35-13-8-7-10-26(35)14-15-27-16-17-29(23-36(27)41)34-25-31(19-21-40-34)38(4,5)6/h7-25H,1-6H3. The zero-order chi connectivity index (χ0) is 28.8. The van der Waals surface area contributed by atoms with E-state index in [2.05, 4.69) is 150 Å². The van der Waals surface area contributed by atoms with Crippen molar-refractivity contribution in [2.24, 2.45) is 0 Å². The molecule has 3 nitrogen and oxygen atoms in total. The predicted molar refractivity (Wildman–Crippen MR) is 174 cm³/mol. The number of rotatable bonds is 3. The van der Waals surface area contributed by atoms with E-state index in [0.717, 1.165) is 45.1 Å². The van der Waals surface area contributed by atoms with Gasteiger partial charge in [-0.05, 0) is 81.6 Å². The van der Waals surface area contributed by atoms with E-state index >= 15 is 0 Å². The van der Waals surface area contributed by atoms with E-state index in [-0.39, 0.29) is 10.8 Å². The fraction of sp³-hybridized carbons (Fsp3) is 0.211. The topological polar surface area (TPSA) is 29.0 Å². The average molecular weight is 536 g/mol. The third-order valence-electron chi connectivity index (χ3n) is 7.84. The molecule has 3 heterocycles. The van der Waals surface area contributed by atoms with Gasteiger partial charge in [-0.25, -0.2) is 0 Å². The first-order valence-electron chi connectivity index (χ1n) is 14.3. The molecule has 0 fully saturated rings. The van der Waals surface area contributed by atoms with Crippen molar-refractivity contribution in [1.29, 1.82) is 0 Å². The normalized spacial score (nSPS) is 13.0. The molecule has 3 aromatic carbocycles. The molecule has 5 aromatic rings. The molecule has 0 atom stereocenters. The molecule has 6 rings (SSSR count). The van der Waals surface area contributed by atoms with Crippen LogP contribution in [-0.4, -0.2) is 9.97 Å². The molecule has 0 N–H and O–H groups in total. The third-order valence-corrected chi connectivity index (χ3v) is 7.84. The molecule has 0 amide bonds. The van der Waals surface area contributed by atoms with Gasteiger partial charge < -0.3 is 4.90 Å². The maximum Gasteiger partial charge on any atom is 0.0705 e. The summed E-state index contributed by atoms with van der Waals surface area (Å²) in [6.45, 7) is 13.4. The Balaban J connectivity index is 1.51. The Kier molecular flexibility index (Phi) is 6.62. The van der Waals surface area contributed by atoms with Gasteiger partial charge in [0.15, 0.2) is 0 Å². The molecule has 1 aliphatic rings.